The quantitative estimate of drug-likeness (QED) is 0.699. The first-order valence-corrected chi connectivity index (χ1v) is 5.31. The fourth-order valence-electron chi connectivity index (χ4n) is 2.33. The third kappa shape index (κ3) is 2.23. The Morgan fingerprint density at radius 1 is 1.23 bits per heavy atom. The van der Waals surface area contributed by atoms with Crippen molar-refractivity contribution in [1.29, 1.82) is 0 Å². The summed E-state index contributed by atoms with van der Waals surface area (Å²) in [5.41, 5.74) is -0.171. The molecule has 0 aromatic carbocycles. The van der Waals surface area contributed by atoms with Crippen molar-refractivity contribution < 1.29 is 4.79 Å². The minimum Gasteiger partial charge on any atom is -0.359 e. The van der Waals surface area contributed by atoms with Crippen LogP contribution in [0.15, 0.2) is 0 Å². The molecule has 2 heteroatoms. The van der Waals surface area contributed by atoms with E-state index in [1.807, 2.05) is 0 Å². The van der Waals surface area contributed by atoms with Gasteiger partial charge in [0.25, 0.3) is 0 Å². The lowest BCUT2D eigenvalue weighted by Gasteiger charge is -2.35. The van der Waals surface area contributed by atoms with Crippen molar-refractivity contribution in [3.63, 3.8) is 0 Å². The molecule has 0 bridgehead atoms. The van der Waals surface area contributed by atoms with Crippen LogP contribution >= 0.6 is 0 Å². The van der Waals surface area contributed by atoms with E-state index in [4.69, 9.17) is 0 Å². The van der Waals surface area contributed by atoms with Gasteiger partial charge in [-0.1, -0.05) is 33.1 Å². The number of hydrogen-bond donors (Lipinski definition) is 1. The minimum absolute atomic E-state index is 0.171. The number of hydrogen-bond acceptors (Lipinski definition) is 1. The monoisotopic (exact) mass is 183 g/mol. The Morgan fingerprint density at radius 2 is 1.77 bits per heavy atom. The minimum atomic E-state index is -0.171. The van der Waals surface area contributed by atoms with Crippen molar-refractivity contribution in [1.82, 2.24) is 5.32 Å². The first-order valence-electron chi connectivity index (χ1n) is 5.31. The first-order chi connectivity index (χ1) is 6.09. The third-order valence-corrected chi connectivity index (χ3v) is 3.44. The van der Waals surface area contributed by atoms with Crippen molar-refractivity contribution in [3.05, 3.63) is 0 Å². The molecule has 1 saturated carbocycles. The zero-order valence-corrected chi connectivity index (χ0v) is 9.02. The van der Waals surface area contributed by atoms with Crippen LogP contribution in [0.5, 0.6) is 0 Å². The number of carbonyl (C=O) groups is 1. The third-order valence-electron chi connectivity index (χ3n) is 3.44. The van der Waals surface area contributed by atoms with Gasteiger partial charge in [0.05, 0.1) is 0 Å². The molecule has 0 saturated heterocycles. The summed E-state index contributed by atoms with van der Waals surface area (Å²) >= 11 is 0. The summed E-state index contributed by atoms with van der Waals surface area (Å²) in [6.07, 6.45) is 6.39. The maximum atomic E-state index is 11.6. The van der Waals surface area contributed by atoms with Gasteiger partial charge in [0, 0.05) is 12.5 Å². The molecule has 0 aromatic heterocycles. The maximum Gasteiger partial charge on any atom is 0.225 e. The van der Waals surface area contributed by atoms with E-state index in [2.05, 4.69) is 19.2 Å². The van der Waals surface area contributed by atoms with Gasteiger partial charge in [0.1, 0.15) is 0 Å². The summed E-state index contributed by atoms with van der Waals surface area (Å²) in [4.78, 5) is 11.6. The van der Waals surface area contributed by atoms with E-state index in [-0.39, 0.29) is 11.3 Å². The molecule has 0 radical (unpaired) electrons. The van der Waals surface area contributed by atoms with Crippen LogP contribution in [0, 0.1) is 11.3 Å². The number of amides is 1. The van der Waals surface area contributed by atoms with Crippen molar-refractivity contribution in [3.8, 4) is 0 Å². The van der Waals surface area contributed by atoms with Crippen LogP contribution in [0.25, 0.3) is 0 Å². The summed E-state index contributed by atoms with van der Waals surface area (Å²) in [6, 6.07) is 0. The summed E-state index contributed by atoms with van der Waals surface area (Å²) in [6.45, 7) is 4.14. The van der Waals surface area contributed by atoms with Gasteiger partial charge in [-0.25, -0.2) is 0 Å². The van der Waals surface area contributed by atoms with E-state index < -0.39 is 0 Å². The molecule has 0 spiro atoms. The van der Waals surface area contributed by atoms with Crippen LogP contribution in [-0.2, 0) is 4.79 Å². The van der Waals surface area contributed by atoms with E-state index >= 15 is 0 Å². The maximum absolute atomic E-state index is 11.6. The largest absolute Gasteiger partial charge is 0.359 e. The second-order valence-electron chi connectivity index (χ2n) is 4.64. The number of nitrogens with one attached hydrogen (secondary N) is 1. The smallest absolute Gasteiger partial charge is 0.225 e. The summed E-state index contributed by atoms with van der Waals surface area (Å²) in [5.74, 6) is 0.778. The number of carbonyl (C=O) groups excluding carboxylic acids is 1. The van der Waals surface area contributed by atoms with E-state index in [1.54, 1.807) is 7.05 Å². The molecule has 76 valence electrons. The summed E-state index contributed by atoms with van der Waals surface area (Å²) in [7, 11) is 1.73. The fourth-order valence-corrected chi connectivity index (χ4v) is 2.33. The van der Waals surface area contributed by atoms with Crippen molar-refractivity contribution in [2.45, 2.75) is 46.0 Å². The first kappa shape index (κ1) is 10.6. The summed E-state index contributed by atoms with van der Waals surface area (Å²) in [5, 5.41) is 2.76. The fraction of sp³-hybridized carbons (Fsp3) is 0.909. The van der Waals surface area contributed by atoms with Crippen LogP contribution in [0.4, 0.5) is 0 Å². The molecule has 1 fully saturated rings. The van der Waals surface area contributed by atoms with Crippen LogP contribution in [0.3, 0.4) is 0 Å². The molecule has 2 nitrogen and oxygen atoms in total. The van der Waals surface area contributed by atoms with Crippen molar-refractivity contribution >= 4 is 5.91 Å². The van der Waals surface area contributed by atoms with Gasteiger partial charge in [0.15, 0.2) is 0 Å². The normalized spacial score (nSPS) is 19.9. The second-order valence-corrected chi connectivity index (χ2v) is 4.64. The lowest BCUT2D eigenvalue weighted by molar-refractivity contribution is -0.132. The molecule has 0 unspecified atom stereocenters. The van der Waals surface area contributed by atoms with E-state index in [1.165, 1.54) is 32.1 Å². The second kappa shape index (κ2) is 4.12. The number of rotatable bonds is 2. The molecular formula is C11H21NO. The van der Waals surface area contributed by atoms with Crippen LogP contribution in [-0.4, -0.2) is 13.0 Å². The van der Waals surface area contributed by atoms with Crippen molar-refractivity contribution in [2.24, 2.45) is 11.3 Å². The highest BCUT2D eigenvalue weighted by atomic mass is 16.2. The van der Waals surface area contributed by atoms with Crippen LogP contribution in [0.1, 0.15) is 46.0 Å². The van der Waals surface area contributed by atoms with E-state index in [0.717, 1.165) is 0 Å². The highest BCUT2D eigenvalue weighted by Gasteiger charge is 2.36. The van der Waals surface area contributed by atoms with Gasteiger partial charge in [-0.2, -0.15) is 0 Å². The lowest BCUT2D eigenvalue weighted by Crippen LogP contribution is -2.41. The molecule has 0 heterocycles. The van der Waals surface area contributed by atoms with Gasteiger partial charge < -0.3 is 5.32 Å². The molecular weight excluding hydrogens is 162 g/mol. The van der Waals surface area contributed by atoms with Gasteiger partial charge in [-0.15, -0.1) is 0 Å². The highest BCUT2D eigenvalue weighted by molar-refractivity contribution is 5.81. The molecule has 13 heavy (non-hydrogen) atoms. The van der Waals surface area contributed by atoms with Gasteiger partial charge in [-0.05, 0) is 18.8 Å². The molecule has 1 aliphatic carbocycles. The zero-order valence-electron chi connectivity index (χ0n) is 9.02. The van der Waals surface area contributed by atoms with Gasteiger partial charge in [-0.3, -0.25) is 4.79 Å². The topological polar surface area (TPSA) is 29.1 Å². The molecule has 1 rings (SSSR count). The Hall–Kier alpha value is -0.530. The Morgan fingerprint density at radius 3 is 2.23 bits per heavy atom. The standard InChI is InChI=1S/C11H21NO/c1-11(2,10(13)12-3)9-7-5-4-6-8-9/h9H,4-8H2,1-3H3,(H,12,13). The predicted octanol–water partition coefficient (Wildman–Crippen LogP) is 2.34. The van der Waals surface area contributed by atoms with Gasteiger partial charge in [0.2, 0.25) is 5.91 Å². The van der Waals surface area contributed by atoms with Crippen molar-refractivity contribution in [2.75, 3.05) is 7.05 Å². The molecule has 0 aromatic rings. The van der Waals surface area contributed by atoms with Crippen LogP contribution < -0.4 is 5.32 Å². The highest BCUT2D eigenvalue weighted by Crippen LogP contribution is 2.38. The zero-order chi connectivity index (χ0) is 9.90. The average Bonchev–Trinajstić information content (AvgIpc) is 2.18. The summed E-state index contributed by atoms with van der Waals surface area (Å²) < 4.78 is 0. The predicted molar refractivity (Wildman–Crippen MR) is 54.4 cm³/mol. The molecule has 0 aliphatic heterocycles. The Balaban J connectivity index is 2.60. The average molecular weight is 183 g/mol. The Labute approximate surface area is 81.1 Å². The SMILES string of the molecule is CNC(=O)C(C)(C)C1CCCCC1. The molecule has 1 amide bonds. The van der Waals surface area contributed by atoms with E-state index in [0.29, 0.717) is 5.92 Å². The molecule has 1 aliphatic rings. The van der Waals surface area contributed by atoms with E-state index in [9.17, 15) is 4.79 Å². The van der Waals surface area contributed by atoms with Gasteiger partial charge >= 0.3 is 0 Å². The Bertz CT molecular complexity index is 181. The Kier molecular flexibility index (Phi) is 3.34. The molecule has 1 N–H and O–H groups in total. The lowest BCUT2D eigenvalue weighted by atomic mass is 9.70. The van der Waals surface area contributed by atoms with Crippen LogP contribution in [0.2, 0.25) is 0 Å². The molecule has 0 atom stereocenters.